The van der Waals surface area contributed by atoms with Crippen LogP contribution in [-0.2, 0) is 13.0 Å². The van der Waals surface area contributed by atoms with E-state index in [1.54, 1.807) is 0 Å². The zero-order chi connectivity index (χ0) is 12.7. The monoisotopic (exact) mass is 234 g/mol. The lowest BCUT2D eigenvalue weighted by atomic mass is 10.1. The van der Waals surface area contributed by atoms with Gasteiger partial charge in [-0.1, -0.05) is 44.5 Å². The van der Waals surface area contributed by atoms with Crippen LogP contribution in [0.2, 0.25) is 0 Å². The van der Waals surface area contributed by atoms with Gasteiger partial charge in [0.25, 0.3) is 0 Å². The SMILES string of the molecule is CCCc1ccc(CN(C)CC(C)CN)cc1. The first-order valence-electron chi connectivity index (χ1n) is 6.62. The van der Waals surface area contributed by atoms with E-state index in [4.69, 9.17) is 5.73 Å². The van der Waals surface area contributed by atoms with Crippen LogP contribution in [0.3, 0.4) is 0 Å². The second-order valence-corrected chi connectivity index (χ2v) is 5.10. The van der Waals surface area contributed by atoms with Crippen LogP contribution in [-0.4, -0.2) is 25.0 Å². The molecule has 0 bridgehead atoms. The topological polar surface area (TPSA) is 29.3 Å². The number of nitrogens with zero attached hydrogens (tertiary/aromatic N) is 1. The van der Waals surface area contributed by atoms with E-state index in [2.05, 4.69) is 50.1 Å². The lowest BCUT2D eigenvalue weighted by Crippen LogP contribution is -2.28. The Bertz CT molecular complexity index is 305. The van der Waals surface area contributed by atoms with Crippen molar-refractivity contribution in [2.45, 2.75) is 33.2 Å². The number of aryl methyl sites for hydroxylation is 1. The van der Waals surface area contributed by atoms with E-state index >= 15 is 0 Å². The first kappa shape index (κ1) is 14.2. The second-order valence-electron chi connectivity index (χ2n) is 5.10. The number of nitrogens with two attached hydrogens (primary N) is 1. The minimum atomic E-state index is 0.569. The van der Waals surface area contributed by atoms with Crippen LogP contribution in [0, 0.1) is 5.92 Å². The van der Waals surface area contributed by atoms with E-state index in [0.717, 1.165) is 19.6 Å². The van der Waals surface area contributed by atoms with Gasteiger partial charge in [-0.25, -0.2) is 0 Å². The van der Waals surface area contributed by atoms with Crippen LogP contribution in [0.1, 0.15) is 31.4 Å². The summed E-state index contributed by atoms with van der Waals surface area (Å²) in [6, 6.07) is 8.99. The third-order valence-corrected chi connectivity index (χ3v) is 3.04. The number of hydrogen-bond donors (Lipinski definition) is 1. The molecule has 0 saturated carbocycles. The van der Waals surface area contributed by atoms with E-state index in [-0.39, 0.29) is 0 Å². The van der Waals surface area contributed by atoms with Gasteiger partial charge in [-0.15, -0.1) is 0 Å². The van der Waals surface area contributed by atoms with Crippen LogP contribution >= 0.6 is 0 Å². The fourth-order valence-corrected chi connectivity index (χ4v) is 2.08. The molecule has 0 fully saturated rings. The molecule has 0 radical (unpaired) electrons. The van der Waals surface area contributed by atoms with Crippen molar-refractivity contribution in [1.82, 2.24) is 4.90 Å². The predicted octanol–water partition coefficient (Wildman–Crippen LogP) is 2.67. The zero-order valence-electron chi connectivity index (χ0n) is 11.4. The largest absolute Gasteiger partial charge is 0.330 e. The Morgan fingerprint density at radius 2 is 1.76 bits per heavy atom. The first-order valence-corrected chi connectivity index (χ1v) is 6.62. The lowest BCUT2D eigenvalue weighted by molar-refractivity contribution is 0.282. The van der Waals surface area contributed by atoms with Gasteiger partial charge in [0.15, 0.2) is 0 Å². The number of hydrogen-bond acceptors (Lipinski definition) is 2. The average molecular weight is 234 g/mol. The van der Waals surface area contributed by atoms with Crippen LogP contribution in [0.25, 0.3) is 0 Å². The summed E-state index contributed by atoms with van der Waals surface area (Å²) in [5.74, 6) is 0.569. The molecule has 1 rings (SSSR count). The molecule has 96 valence electrons. The molecule has 0 amide bonds. The molecule has 2 N–H and O–H groups in total. The smallest absolute Gasteiger partial charge is 0.0230 e. The summed E-state index contributed by atoms with van der Waals surface area (Å²) in [7, 11) is 2.16. The molecular weight excluding hydrogens is 208 g/mol. The fraction of sp³-hybridized carbons (Fsp3) is 0.600. The Morgan fingerprint density at radius 3 is 2.29 bits per heavy atom. The van der Waals surface area contributed by atoms with Crippen molar-refractivity contribution in [2.75, 3.05) is 20.1 Å². The third-order valence-electron chi connectivity index (χ3n) is 3.04. The summed E-state index contributed by atoms with van der Waals surface area (Å²) in [4.78, 5) is 2.34. The van der Waals surface area contributed by atoms with Crippen LogP contribution in [0.4, 0.5) is 0 Å². The summed E-state index contributed by atoms with van der Waals surface area (Å²) in [5.41, 5.74) is 8.47. The molecule has 0 aliphatic heterocycles. The van der Waals surface area contributed by atoms with Gasteiger partial charge in [-0.05, 0) is 37.1 Å². The second kappa shape index (κ2) is 7.46. The maximum absolute atomic E-state index is 5.64. The molecule has 0 spiro atoms. The van der Waals surface area contributed by atoms with Gasteiger partial charge < -0.3 is 10.6 Å². The molecule has 2 nitrogen and oxygen atoms in total. The van der Waals surface area contributed by atoms with Gasteiger partial charge in [0, 0.05) is 13.1 Å². The lowest BCUT2D eigenvalue weighted by Gasteiger charge is -2.20. The van der Waals surface area contributed by atoms with Gasteiger partial charge in [-0.3, -0.25) is 0 Å². The molecule has 1 aromatic rings. The maximum atomic E-state index is 5.64. The molecule has 17 heavy (non-hydrogen) atoms. The molecule has 0 saturated heterocycles. The minimum absolute atomic E-state index is 0.569. The molecule has 0 heterocycles. The van der Waals surface area contributed by atoms with Gasteiger partial charge >= 0.3 is 0 Å². The number of rotatable bonds is 7. The summed E-state index contributed by atoms with van der Waals surface area (Å²) in [6.07, 6.45) is 2.40. The van der Waals surface area contributed by atoms with E-state index in [1.807, 2.05) is 0 Å². The molecule has 1 aromatic carbocycles. The van der Waals surface area contributed by atoms with Crippen molar-refractivity contribution >= 4 is 0 Å². The number of benzene rings is 1. The normalized spacial score (nSPS) is 13.0. The predicted molar refractivity (Wildman–Crippen MR) is 75.0 cm³/mol. The van der Waals surface area contributed by atoms with Gasteiger partial charge in [0.05, 0.1) is 0 Å². The standard InChI is InChI=1S/C15H26N2/c1-4-5-14-6-8-15(9-7-14)12-17(3)11-13(2)10-16/h6-9,13H,4-5,10-12,16H2,1-3H3. The Labute approximate surface area is 106 Å². The Kier molecular flexibility index (Phi) is 6.23. The van der Waals surface area contributed by atoms with E-state index < -0.39 is 0 Å². The summed E-state index contributed by atoms with van der Waals surface area (Å²) >= 11 is 0. The van der Waals surface area contributed by atoms with Crippen molar-refractivity contribution < 1.29 is 0 Å². The van der Waals surface area contributed by atoms with Gasteiger partial charge in [0.2, 0.25) is 0 Å². The highest BCUT2D eigenvalue weighted by atomic mass is 15.1. The van der Waals surface area contributed by atoms with E-state index in [0.29, 0.717) is 5.92 Å². The van der Waals surface area contributed by atoms with Crippen LogP contribution in [0.15, 0.2) is 24.3 Å². The van der Waals surface area contributed by atoms with Crippen molar-refractivity contribution in [3.05, 3.63) is 35.4 Å². The highest BCUT2D eigenvalue weighted by Crippen LogP contribution is 2.09. The molecule has 1 unspecified atom stereocenters. The fourth-order valence-electron chi connectivity index (χ4n) is 2.08. The highest BCUT2D eigenvalue weighted by molar-refractivity contribution is 5.22. The average Bonchev–Trinajstić information content (AvgIpc) is 2.31. The van der Waals surface area contributed by atoms with Gasteiger partial charge in [0.1, 0.15) is 0 Å². The molecule has 1 atom stereocenters. The Balaban J connectivity index is 2.45. The molecule has 0 aliphatic carbocycles. The van der Waals surface area contributed by atoms with Crippen LogP contribution < -0.4 is 5.73 Å². The molecule has 0 aliphatic rings. The first-order chi connectivity index (χ1) is 8.15. The minimum Gasteiger partial charge on any atom is -0.330 e. The van der Waals surface area contributed by atoms with E-state index in [1.165, 1.54) is 24.0 Å². The quantitative estimate of drug-likeness (QED) is 0.786. The Morgan fingerprint density at radius 1 is 1.18 bits per heavy atom. The van der Waals surface area contributed by atoms with Crippen LogP contribution in [0.5, 0.6) is 0 Å². The summed E-state index contributed by atoms with van der Waals surface area (Å²) in [6.45, 7) is 7.25. The Hall–Kier alpha value is -0.860. The van der Waals surface area contributed by atoms with Crippen molar-refractivity contribution in [3.8, 4) is 0 Å². The van der Waals surface area contributed by atoms with E-state index in [9.17, 15) is 0 Å². The van der Waals surface area contributed by atoms with Crippen molar-refractivity contribution in [1.29, 1.82) is 0 Å². The van der Waals surface area contributed by atoms with Crippen molar-refractivity contribution in [3.63, 3.8) is 0 Å². The summed E-state index contributed by atoms with van der Waals surface area (Å²) in [5, 5.41) is 0. The maximum Gasteiger partial charge on any atom is 0.0230 e. The molecule has 0 aromatic heterocycles. The highest BCUT2D eigenvalue weighted by Gasteiger charge is 2.05. The third kappa shape index (κ3) is 5.33. The van der Waals surface area contributed by atoms with Crippen molar-refractivity contribution in [2.24, 2.45) is 11.7 Å². The zero-order valence-corrected chi connectivity index (χ0v) is 11.4. The molecule has 2 heteroatoms. The molecular formula is C15H26N2. The van der Waals surface area contributed by atoms with Gasteiger partial charge in [-0.2, -0.15) is 0 Å². The summed E-state index contributed by atoms with van der Waals surface area (Å²) < 4.78 is 0.